The number of piperidine rings is 1. The van der Waals surface area contributed by atoms with Crippen molar-refractivity contribution in [1.82, 2.24) is 4.90 Å². The zero-order valence-electron chi connectivity index (χ0n) is 14.0. The summed E-state index contributed by atoms with van der Waals surface area (Å²) < 4.78 is 11.3. The molecule has 2 fully saturated rings. The van der Waals surface area contributed by atoms with Gasteiger partial charge in [0.2, 0.25) is 5.91 Å². The van der Waals surface area contributed by atoms with Gasteiger partial charge in [0.15, 0.2) is 6.29 Å². The Morgan fingerprint density at radius 3 is 2.88 bits per heavy atom. The average Bonchev–Trinajstić information content (AvgIpc) is 3.15. The fourth-order valence-corrected chi connectivity index (χ4v) is 3.58. The van der Waals surface area contributed by atoms with Crippen LogP contribution < -0.4 is 5.32 Å². The summed E-state index contributed by atoms with van der Waals surface area (Å²) in [5.41, 5.74) is 0.999. The lowest BCUT2D eigenvalue weighted by atomic mass is 10.0. The third kappa shape index (κ3) is 4.71. The molecule has 0 radical (unpaired) electrons. The van der Waals surface area contributed by atoms with Crippen LogP contribution in [0.2, 0.25) is 5.02 Å². The van der Waals surface area contributed by atoms with Gasteiger partial charge in [0.1, 0.15) is 6.07 Å². The van der Waals surface area contributed by atoms with Gasteiger partial charge in [-0.05, 0) is 37.6 Å². The summed E-state index contributed by atoms with van der Waals surface area (Å²) in [6.07, 6.45) is 3.56. The molecule has 0 spiro atoms. The number of rotatable bonds is 5. The van der Waals surface area contributed by atoms with Gasteiger partial charge in [-0.15, -0.1) is 0 Å². The fraction of sp³-hybridized carbons (Fsp3) is 0.556. The van der Waals surface area contributed by atoms with E-state index in [9.17, 15) is 4.79 Å². The molecule has 134 valence electrons. The first-order chi connectivity index (χ1) is 12.2. The Morgan fingerprint density at radius 1 is 1.36 bits per heavy atom. The van der Waals surface area contributed by atoms with Crippen molar-refractivity contribution < 1.29 is 14.3 Å². The van der Waals surface area contributed by atoms with Gasteiger partial charge in [0, 0.05) is 18.7 Å². The van der Waals surface area contributed by atoms with Crippen LogP contribution in [0, 0.1) is 11.3 Å². The second-order valence-corrected chi connectivity index (χ2v) is 6.72. The molecule has 2 heterocycles. The monoisotopic (exact) mass is 363 g/mol. The van der Waals surface area contributed by atoms with Gasteiger partial charge >= 0.3 is 0 Å². The number of hydrogen-bond donors (Lipinski definition) is 1. The van der Waals surface area contributed by atoms with Crippen LogP contribution in [0.5, 0.6) is 0 Å². The number of benzene rings is 1. The summed E-state index contributed by atoms with van der Waals surface area (Å²) >= 11 is 5.99. The maximum absolute atomic E-state index is 12.2. The summed E-state index contributed by atoms with van der Waals surface area (Å²) in [7, 11) is 0. The van der Waals surface area contributed by atoms with Gasteiger partial charge in [-0.3, -0.25) is 9.69 Å². The Bertz CT molecular complexity index is 655. The summed E-state index contributed by atoms with van der Waals surface area (Å²) in [6, 6.07) is 7.12. The zero-order valence-corrected chi connectivity index (χ0v) is 14.8. The van der Waals surface area contributed by atoms with Crippen LogP contribution in [0.15, 0.2) is 18.2 Å². The molecule has 2 aliphatic heterocycles. The molecule has 0 saturated carbocycles. The van der Waals surface area contributed by atoms with E-state index in [0.717, 1.165) is 19.4 Å². The molecular weight excluding hydrogens is 342 g/mol. The van der Waals surface area contributed by atoms with E-state index in [-0.39, 0.29) is 18.2 Å². The van der Waals surface area contributed by atoms with Gasteiger partial charge < -0.3 is 14.8 Å². The number of nitrogens with zero attached hydrogens (tertiary/aromatic N) is 2. The minimum Gasteiger partial charge on any atom is -0.349 e. The molecule has 1 atom stereocenters. The molecule has 7 heteroatoms. The van der Waals surface area contributed by atoms with Crippen LogP contribution in [0.3, 0.4) is 0 Å². The highest BCUT2D eigenvalue weighted by Gasteiger charge is 2.33. The normalized spacial score (nSPS) is 21.8. The van der Waals surface area contributed by atoms with Crippen LogP contribution in [-0.2, 0) is 14.3 Å². The van der Waals surface area contributed by atoms with E-state index in [2.05, 4.69) is 10.2 Å². The number of likely N-dealkylation sites (tertiary alicyclic amines) is 1. The van der Waals surface area contributed by atoms with E-state index in [4.69, 9.17) is 26.3 Å². The summed E-state index contributed by atoms with van der Waals surface area (Å²) in [4.78, 5) is 14.5. The largest absolute Gasteiger partial charge is 0.349 e. The molecule has 1 amide bonds. The van der Waals surface area contributed by atoms with Crippen LogP contribution in [-0.4, -0.2) is 49.4 Å². The standard InChI is InChI=1S/C18H22ClN3O3/c19-15-11-14(5-4-13(15)12-20)21-17(23)6-8-22-7-2-1-3-16(22)18-24-9-10-25-18/h4-5,11,16,18H,1-3,6-10H2,(H,21,23). The van der Waals surface area contributed by atoms with Crippen LogP contribution in [0.1, 0.15) is 31.2 Å². The molecule has 1 unspecified atom stereocenters. The predicted molar refractivity (Wildman–Crippen MR) is 94.3 cm³/mol. The first-order valence-electron chi connectivity index (χ1n) is 8.64. The Morgan fingerprint density at radius 2 is 2.16 bits per heavy atom. The van der Waals surface area contributed by atoms with Crippen LogP contribution in [0.4, 0.5) is 5.69 Å². The van der Waals surface area contributed by atoms with Crippen molar-refractivity contribution in [2.45, 2.75) is 38.0 Å². The highest BCUT2D eigenvalue weighted by molar-refractivity contribution is 6.32. The average molecular weight is 364 g/mol. The van der Waals surface area contributed by atoms with Crippen LogP contribution in [0.25, 0.3) is 0 Å². The Kier molecular flexibility index (Phi) is 6.27. The second-order valence-electron chi connectivity index (χ2n) is 6.31. The maximum atomic E-state index is 12.2. The highest BCUT2D eigenvalue weighted by Crippen LogP contribution is 2.25. The summed E-state index contributed by atoms with van der Waals surface area (Å²) in [5.74, 6) is -0.0710. The first-order valence-corrected chi connectivity index (χ1v) is 9.02. The number of ether oxygens (including phenoxy) is 2. The highest BCUT2D eigenvalue weighted by atomic mass is 35.5. The number of carbonyl (C=O) groups is 1. The number of halogens is 1. The smallest absolute Gasteiger partial charge is 0.225 e. The SMILES string of the molecule is N#Cc1ccc(NC(=O)CCN2CCCCC2C2OCCO2)cc1Cl. The van der Waals surface area contributed by atoms with Crippen molar-refractivity contribution in [1.29, 1.82) is 5.26 Å². The number of nitriles is 1. The molecular formula is C18H22ClN3O3. The van der Waals surface area contributed by atoms with Crippen molar-refractivity contribution in [3.8, 4) is 6.07 Å². The number of amides is 1. The Hall–Kier alpha value is -1.65. The molecule has 25 heavy (non-hydrogen) atoms. The first kappa shape index (κ1) is 18.2. The molecule has 2 aliphatic rings. The van der Waals surface area contributed by atoms with Crippen molar-refractivity contribution >= 4 is 23.2 Å². The van der Waals surface area contributed by atoms with Gasteiger partial charge in [-0.25, -0.2) is 0 Å². The van der Waals surface area contributed by atoms with E-state index >= 15 is 0 Å². The van der Waals surface area contributed by atoms with Crippen LogP contribution >= 0.6 is 11.6 Å². The van der Waals surface area contributed by atoms with E-state index < -0.39 is 0 Å². The van der Waals surface area contributed by atoms with Gasteiger partial charge in [0.05, 0.1) is 29.8 Å². The molecule has 1 N–H and O–H groups in total. The quantitative estimate of drug-likeness (QED) is 0.870. The number of nitrogens with one attached hydrogen (secondary N) is 1. The topological polar surface area (TPSA) is 74.6 Å². The van der Waals surface area contributed by atoms with E-state index in [0.29, 0.717) is 42.5 Å². The molecule has 1 aromatic rings. The summed E-state index contributed by atoms with van der Waals surface area (Å²) in [6.45, 7) is 2.93. The Labute approximate surface area is 152 Å². The van der Waals surface area contributed by atoms with E-state index in [1.165, 1.54) is 6.42 Å². The Balaban J connectivity index is 1.52. The number of carbonyl (C=O) groups excluding carboxylic acids is 1. The van der Waals surface area contributed by atoms with E-state index in [1.807, 2.05) is 6.07 Å². The molecule has 0 aromatic heterocycles. The van der Waals surface area contributed by atoms with Crippen molar-refractivity contribution in [3.05, 3.63) is 28.8 Å². The minimum absolute atomic E-state index is 0.0710. The summed E-state index contributed by atoms with van der Waals surface area (Å²) in [5, 5.41) is 12.1. The molecule has 2 saturated heterocycles. The van der Waals surface area contributed by atoms with Gasteiger partial charge in [-0.1, -0.05) is 18.0 Å². The zero-order chi connectivity index (χ0) is 17.6. The third-order valence-corrected chi connectivity index (χ3v) is 4.94. The number of anilines is 1. The molecule has 0 bridgehead atoms. The predicted octanol–water partition coefficient (Wildman–Crippen LogP) is 2.77. The third-order valence-electron chi connectivity index (χ3n) is 4.63. The van der Waals surface area contributed by atoms with Crippen molar-refractivity contribution in [3.63, 3.8) is 0 Å². The fourth-order valence-electron chi connectivity index (χ4n) is 3.35. The van der Waals surface area contributed by atoms with Gasteiger partial charge in [0.25, 0.3) is 0 Å². The molecule has 0 aliphatic carbocycles. The van der Waals surface area contributed by atoms with Gasteiger partial charge in [-0.2, -0.15) is 5.26 Å². The maximum Gasteiger partial charge on any atom is 0.225 e. The second kappa shape index (κ2) is 8.63. The molecule has 3 rings (SSSR count). The molecule has 1 aromatic carbocycles. The van der Waals surface area contributed by atoms with E-state index in [1.54, 1.807) is 18.2 Å². The van der Waals surface area contributed by atoms with Crippen molar-refractivity contribution in [2.75, 3.05) is 31.6 Å². The minimum atomic E-state index is -0.166. The lowest BCUT2D eigenvalue weighted by molar-refractivity contribution is -0.120. The van der Waals surface area contributed by atoms with Crippen molar-refractivity contribution in [2.24, 2.45) is 0 Å². The lowest BCUT2D eigenvalue weighted by Gasteiger charge is -2.37. The lowest BCUT2D eigenvalue weighted by Crippen LogP contribution is -2.48. The molecule has 6 nitrogen and oxygen atoms in total. The number of hydrogen-bond acceptors (Lipinski definition) is 5.